The average molecular weight is 718 g/mol. The minimum atomic E-state index is 0. The van der Waals surface area contributed by atoms with Crippen molar-refractivity contribution in [3.05, 3.63) is 156 Å². The molecule has 2 nitrogen and oxygen atoms in total. The van der Waals surface area contributed by atoms with E-state index in [1.807, 2.05) is 38.1 Å². The fraction of sp³-hybridized carbons (Fsp3) is 0.174. The summed E-state index contributed by atoms with van der Waals surface area (Å²) in [6.07, 6.45) is 0. The van der Waals surface area contributed by atoms with Crippen molar-refractivity contribution in [2.45, 2.75) is 53.4 Å². The molecule has 2 heterocycles. The number of hydrogen-bond acceptors (Lipinski definition) is 2. The van der Waals surface area contributed by atoms with E-state index in [0.29, 0.717) is 11.8 Å². The molecule has 0 fully saturated rings. The van der Waals surface area contributed by atoms with Crippen LogP contribution in [0.3, 0.4) is 0 Å². The second-order valence-corrected chi connectivity index (χ2v) is 13.5. The van der Waals surface area contributed by atoms with Crippen LogP contribution in [0.2, 0.25) is 0 Å². The molecule has 0 saturated carbocycles. The van der Waals surface area contributed by atoms with Gasteiger partial charge in [-0.3, -0.25) is 0 Å². The van der Waals surface area contributed by atoms with Crippen LogP contribution in [-0.4, -0.2) is 0 Å². The van der Waals surface area contributed by atoms with Gasteiger partial charge in [-0.1, -0.05) is 123 Å². The Balaban J connectivity index is 0.000000167. The van der Waals surface area contributed by atoms with Crippen molar-refractivity contribution in [1.82, 2.24) is 0 Å². The Kier molecular flexibility index (Phi) is 10.2. The van der Waals surface area contributed by atoms with Gasteiger partial charge in [0.05, 0.1) is 23.0 Å². The van der Waals surface area contributed by atoms with Gasteiger partial charge in [-0.2, -0.15) is 0 Å². The van der Waals surface area contributed by atoms with Crippen molar-refractivity contribution >= 4 is 21.5 Å². The summed E-state index contributed by atoms with van der Waals surface area (Å²) in [7, 11) is 0. The molecule has 0 aliphatic heterocycles. The van der Waals surface area contributed by atoms with Gasteiger partial charge in [0.15, 0.2) is 0 Å². The van der Waals surface area contributed by atoms with Crippen LogP contribution in [0.5, 0.6) is 0 Å². The van der Waals surface area contributed by atoms with Crippen molar-refractivity contribution < 1.29 is 35.0 Å². The number of aryl methyl sites for hydroxylation is 2. The number of hydrogen-bond donors (Lipinski definition) is 0. The molecular weight excluding hydrogens is 676 g/mol. The third-order valence-corrected chi connectivity index (χ3v) is 9.33. The third kappa shape index (κ3) is 7.29. The summed E-state index contributed by atoms with van der Waals surface area (Å²) >= 11 is 0. The van der Waals surface area contributed by atoms with Crippen molar-refractivity contribution in [3.63, 3.8) is 0 Å². The average Bonchev–Trinajstić information content (AvgIpc) is 3.91. The summed E-state index contributed by atoms with van der Waals surface area (Å²) in [5.41, 5.74) is 10.1. The van der Waals surface area contributed by atoms with E-state index in [0.717, 1.165) is 34.2 Å². The monoisotopic (exact) mass is 716 g/mol. The van der Waals surface area contributed by atoms with Gasteiger partial charge in [0.25, 0.3) is 0 Å². The Morgan fingerprint density at radius 2 is 0.857 bits per heavy atom. The number of rotatable bonds is 6. The number of fused-ring (bicyclic) bond motifs is 2. The third-order valence-electron chi connectivity index (χ3n) is 9.33. The summed E-state index contributed by atoms with van der Waals surface area (Å²) in [6, 6.07) is 47.8. The largest absolute Gasteiger partial charge is 2.00 e. The van der Waals surface area contributed by atoms with E-state index in [9.17, 15) is 0 Å². The summed E-state index contributed by atoms with van der Waals surface area (Å²) in [5.74, 6) is 4.87. The standard InChI is InChI=1S/2C23H21O.Zr/c2*1-15(2)17-8-10-18(11-9-17)21-6-4-5-19-13-20(14-22(19)21)23-12-7-16(3)24-23;/h2*4-15H,1-3H3;/q2*-1;+2. The van der Waals surface area contributed by atoms with Crippen LogP contribution in [0.15, 0.2) is 142 Å². The van der Waals surface area contributed by atoms with Crippen LogP contribution < -0.4 is 0 Å². The Bertz CT molecular complexity index is 2130. The molecule has 0 amide bonds. The van der Waals surface area contributed by atoms with Crippen LogP contribution in [0.1, 0.15) is 62.2 Å². The summed E-state index contributed by atoms with van der Waals surface area (Å²) in [5, 5.41) is 5.06. The number of furan rings is 2. The molecule has 0 aliphatic carbocycles. The zero-order valence-electron chi connectivity index (χ0n) is 29.2. The molecule has 0 N–H and O–H groups in total. The van der Waals surface area contributed by atoms with Gasteiger partial charge in [-0.15, -0.1) is 57.9 Å². The van der Waals surface area contributed by atoms with Crippen LogP contribution in [0, 0.1) is 13.8 Å². The van der Waals surface area contributed by atoms with Crippen LogP contribution in [0.25, 0.3) is 66.4 Å². The van der Waals surface area contributed by atoms with E-state index in [-0.39, 0.29) is 26.2 Å². The topological polar surface area (TPSA) is 26.3 Å². The molecule has 8 rings (SSSR count). The summed E-state index contributed by atoms with van der Waals surface area (Å²) in [4.78, 5) is 0. The molecule has 0 unspecified atom stereocenters. The maximum atomic E-state index is 5.79. The van der Waals surface area contributed by atoms with E-state index in [1.54, 1.807) is 0 Å². The Labute approximate surface area is 309 Å². The second kappa shape index (κ2) is 14.6. The van der Waals surface area contributed by atoms with Gasteiger partial charge in [0, 0.05) is 0 Å². The minimum Gasteiger partial charge on any atom is -0.496 e. The SMILES string of the molecule is Cc1ccc(-c2cc3c(-c4ccc(C(C)C)cc4)cccc3[cH-]2)o1.Cc1ccc(-c2cc3c(-c4ccc(C(C)C)cc4)cccc3[cH-]2)o1.[Zr+2]. The van der Waals surface area contributed by atoms with Crippen molar-refractivity contribution in [2.24, 2.45) is 0 Å². The Hall–Kier alpha value is -4.46. The first kappa shape index (κ1) is 34.4. The van der Waals surface area contributed by atoms with E-state index in [1.165, 1.54) is 54.9 Å². The fourth-order valence-electron chi connectivity index (χ4n) is 6.53. The Morgan fingerprint density at radius 1 is 0.469 bits per heavy atom. The molecule has 0 aliphatic rings. The molecule has 0 radical (unpaired) electrons. The zero-order chi connectivity index (χ0) is 33.4. The molecule has 0 spiro atoms. The van der Waals surface area contributed by atoms with E-state index < -0.39 is 0 Å². The van der Waals surface area contributed by atoms with Gasteiger partial charge in [0.2, 0.25) is 0 Å². The van der Waals surface area contributed by atoms with Crippen molar-refractivity contribution in [3.8, 4) is 44.9 Å². The summed E-state index contributed by atoms with van der Waals surface area (Å²) < 4.78 is 11.6. The van der Waals surface area contributed by atoms with Crippen LogP contribution >= 0.6 is 0 Å². The van der Waals surface area contributed by atoms with Gasteiger partial charge in [-0.25, -0.2) is 0 Å². The molecule has 6 aromatic carbocycles. The Morgan fingerprint density at radius 3 is 1.18 bits per heavy atom. The molecule has 49 heavy (non-hydrogen) atoms. The van der Waals surface area contributed by atoms with Gasteiger partial charge >= 0.3 is 26.2 Å². The number of benzene rings is 4. The summed E-state index contributed by atoms with van der Waals surface area (Å²) in [6.45, 7) is 12.9. The predicted octanol–water partition coefficient (Wildman–Crippen LogP) is 13.8. The maximum absolute atomic E-state index is 5.79. The first-order valence-corrected chi connectivity index (χ1v) is 17.0. The quantitative estimate of drug-likeness (QED) is 0.160. The van der Waals surface area contributed by atoms with Crippen molar-refractivity contribution in [2.75, 3.05) is 0 Å². The van der Waals surface area contributed by atoms with Gasteiger partial charge in [-0.05, 0) is 72.2 Å². The van der Waals surface area contributed by atoms with E-state index in [4.69, 9.17) is 8.83 Å². The zero-order valence-corrected chi connectivity index (χ0v) is 31.6. The van der Waals surface area contributed by atoms with Gasteiger partial charge < -0.3 is 8.83 Å². The van der Waals surface area contributed by atoms with Gasteiger partial charge in [0.1, 0.15) is 0 Å². The van der Waals surface area contributed by atoms with Crippen LogP contribution in [-0.2, 0) is 26.2 Å². The minimum absolute atomic E-state index is 0. The predicted molar refractivity (Wildman–Crippen MR) is 203 cm³/mol. The molecule has 0 saturated heterocycles. The molecule has 8 aromatic rings. The second-order valence-electron chi connectivity index (χ2n) is 13.5. The van der Waals surface area contributed by atoms with Crippen LogP contribution in [0.4, 0.5) is 0 Å². The maximum Gasteiger partial charge on any atom is 2.00 e. The molecule has 242 valence electrons. The normalized spacial score (nSPS) is 11.3. The first-order valence-electron chi connectivity index (χ1n) is 17.0. The fourth-order valence-corrected chi connectivity index (χ4v) is 6.53. The van der Waals surface area contributed by atoms with Crippen molar-refractivity contribution in [1.29, 1.82) is 0 Å². The molecule has 0 atom stereocenters. The smallest absolute Gasteiger partial charge is 0.496 e. The molecule has 0 bridgehead atoms. The van der Waals surface area contributed by atoms with E-state index in [2.05, 4.69) is 137 Å². The van der Waals surface area contributed by atoms with E-state index >= 15 is 0 Å². The molecular formula is C46H42O2Zr. The molecule has 3 heteroatoms. The molecule has 2 aromatic heterocycles. The first-order chi connectivity index (χ1) is 23.2.